The standard InChI is InChI=1S/C44H76NO7P/c1-6-8-10-12-14-16-18-20-21-22-23-24-26-28-30-32-34-36-39-49-41-43(42-51-53(47,48)50-40-38-45(3,4)5)52-44(46)37-35-33-31-29-27-25-19-17-15-13-11-9-7-2/h8-11,14-17,20-21,23-25,27,43H,6-7,12-13,18-19,22,26,28-42H2,1-5H3/b10-8-,11-9-,16-14-,17-15-,21-20-,24-23-,27-25-. The van der Waals surface area contributed by atoms with Crippen LogP contribution in [0.4, 0.5) is 0 Å². The number of nitrogens with zero attached hydrogens (tertiary/aromatic N) is 1. The average Bonchev–Trinajstić information content (AvgIpc) is 3.11. The first kappa shape index (κ1) is 50.7. The zero-order valence-corrected chi connectivity index (χ0v) is 35.1. The molecule has 0 aromatic heterocycles. The van der Waals surface area contributed by atoms with Crippen LogP contribution >= 0.6 is 7.82 Å². The molecule has 0 fully saturated rings. The summed E-state index contributed by atoms with van der Waals surface area (Å²) in [7, 11) is 1.30. The molecule has 0 amide bonds. The summed E-state index contributed by atoms with van der Waals surface area (Å²) in [5.41, 5.74) is 0. The van der Waals surface area contributed by atoms with Crippen LogP contribution < -0.4 is 4.89 Å². The second kappa shape index (κ2) is 36.6. The number of hydrogen-bond donors (Lipinski definition) is 0. The number of phosphoric ester groups is 1. The van der Waals surface area contributed by atoms with Crippen LogP contribution in [0.25, 0.3) is 0 Å². The minimum absolute atomic E-state index is 0.0111. The molecule has 0 radical (unpaired) electrons. The van der Waals surface area contributed by atoms with Crippen molar-refractivity contribution in [1.29, 1.82) is 0 Å². The lowest BCUT2D eigenvalue weighted by atomic mass is 10.1. The minimum Gasteiger partial charge on any atom is -0.756 e. The predicted molar refractivity (Wildman–Crippen MR) is 222 cm³/mol. The maximum Gasteiger partial charge on any atom is 0.306 e. The van der Waals surface area contributed by atoms with Crippen molar-refractivity contribution in [2.24, 2.45) is 0 Å². The normalized spacial score (nSPS) is 14.8. The summed E-state index contributed by atoms with van der Waals surface area (Å²) in [4.78, 5) is 25.0. The smallest absolute Gasteiger partial charge is 0.306 e. The maximum atomic E-state index is 12.6. The van der Waals surface area contributed by atoms with Crippen LogP contribution in [0.2, 0.25) is 0 Å². The molecule has 2 unspecified atom stereocenters. The topological polar surface area (TPSA) is 94.1 Å². The summed E-state index contributed by atoms with van der Waals surface area (Å²) in [5, 5.41) is 0. The number of ether oxygens (including phenoxy) is 2. The Labute approximate surface area is 325 Å². The molecule has 0 aliphatic heterocycles. The molecule has 0 saturated heterocycles. The van der Waals surface area contributed by atoms with Gasteiger partial charge in [0.15, 0.2) is 0 Å². The van der Waals surface area contributed by atoms with Crippen molar-refractivity contribution < 1.29 is 37.3 Å². The molecule has 8 nitrogen and oxygen atoms in total. The number of unbranched alkanes of at least 4 members (excludes halogenated alkanes) is 8. The number of hydrogen-bond acceptors (Lipinski definition) is 7. The number of phosphoric acid groups is 1. The zero-order chi connectivity index (χ0) is 39.1. The van der Waals surface area contributed by atoms with Gasteiger partial charge in [0.1, 0.15) is 19.3 Å². The van der Waals surface area contributed by atoms with Crippen LogP contribution in [0.15, 0.2) is 85.1 Å². The number of allylic oxidation sites excluding steroid dienone is 14. The van der Waals surface area contributed by atoms with E-state index in [4.69, 9.17) is 18.5 Å². The highest BCUT2D eigenvalue weighted by Crippen LogP contribution is 2.38. The molecule has 53 heavy (non-hydrogen) atoms. The Morgan fingerprint density at radius 3 is 1.55 bits per heavy atom. The molecule has 0 aromatic carbocycles. The van der Waals surface area contributed by atoms with Gasteiger partial charge in [0, 0.05) is 13.0 Å². The van der Waals surface area contributed by atoms with Gasteiger partial charge in [0.2, 0.25) is 0 Å². The molecule has 0 aliphatic carbocycles. The molecule has 9 heteroatoms. The van der Waals surface area contributed by atoms with Crippen LogP contribution in [-0.2, 0) is 27.9 Å². The maximum absolute atomic E-state index is 12.6. The Kier molecular flexibility index (Phi) is 35.0. The van der Waals surface area contributed by atoms with Gasteiger partial charge in [0.25, 0.3) is 7.82 Å². The monoisotopic (exact) mass is 762 g/mol. The Balaban J connectivity index is 4.36. The van der Waals surface area contributed by atoms with Crippen LogP contribution in [0.1, 0.15) is 129 Å². The number of rotatable bonds is 36. The highest BCUT2D eigenvalue weighted by atomic mass is 31.2. The first-order chi connectivity index (χ1) is 25.6. The zero-order valence-electron chi connectivity index (χ0n) is 34.2. The third-order valence-electron chi connectivity index (χ3n) is 7.94. The van der Waals surface area contributed by atoms with E-state index < -0.39 is 13.9 Å². The summed E-state index contributed by atoms with van der Waals surface area (Å²) in [6.45, 7) is 5.06. The largest absolute Gasteiger partial charge is 0.756 e. The predicted octanol–water partition coefficient (Wildman–Crippen LogP) is 11.1. The van der Waals surface area contributed by atoms with Gasteiger partial charge in [-0.25, -0.2) is 0 Å². The van der Waals surface area contributed by atoms with Gasteiger partial charge in [-0.1, -0.05) is 125 Å². The summed E-state index contributed by atoms with van der Waals surface area (Å²) < 4.78 is 34.4. The minimum atomic E-state index is -4.54. The second-order valence-electron chi connectivity index (χ2n) is 14.2. The average molecular weight is 762 g/mol. The molecule has 0 aliphatic rings. The van der Waals surface area contributed by atoms with Crippen LogP contribution in [0.5, 0.6) is 0 Å². The quantitative estimate of drug-likeness (QED) is 0.0206. The summed E-state index contributed by atoms with van der Waals surface area (Å²) >= 11 is 0. The summed E-state index contributed by atoms with van der Waals surface area (Å²) in [5.74, 6) is -0.375. The van der Waals surface area contributed by atoms with E-state index in [0.29, 0.717) is 24.1 Å². The van der Waals surface area contributed by atoms with Gasteiger partial charge in [-0.05, 0) is 83.5 Å². The van der Waals surface area contributed by atoms with Crippen molar-refractivity contribution in [2.75, 3.05) is 54.1 Å². The van der Waals surface area contributed by atoms with E-state index in [1.54, 1.807) is 0 Å². The fourth-order valence-corrected chi connectivity index (χ4v) is 5.57. The third kappa shape index (κ3) is 40.7. The van der Waals surface area contributed by atoms with E-state index in [9.17, 15) is 14.3 Å². The van der Waals surface area contributed by atoms with Gasteiger partial charge in [-0.15, -0.1) is 0 Å². The van der Waals surface area contributed by atoms with Gasteiger partial charge >= 0.3 is 5.97 Å². The van der Waals surface area contributed by atoms with E-state index in [2.05, 4.69) is 98.9 Å². The number of carbonyl (C=O) groups is 1. The SMILES string of the molecule is CC/C=C\C/C=C\C/C=C\C/C=C\CCCCCCCOCC(COP(=O)([O-])OCC[N+](C)(C)C)OC(=O)CCCCC/C=C\C/C=C\C/C=C\CC. The van der Waals surface area contributed by atoms with Gasteiger partial charge in [-0.3, -0.25) is 9.36 Å². The van der Waals surface area contributed by atoms with Crippen molar-refractivity contribution >= 4 is 13.8 Å². The molecular formula is C44H76NO7P. The molecule has 0 N–H and O–H groups in total. The Morgan fingerprint density at radius 1 is 0.585 bits per heavy atom. The summed E-state index contributed by atoms with van der Waals surface area (Å²) in [6, 6.07) is 0. The molecule has 0 bridgehead atoms. The summed E-state index contributed by atoms with van der Waals surface area (Å²) in [6.07, 6.45) is 47.4. The van der Waals surface area contributed by atoms with Crippen molar-refractivity contribution in [3.63, 3.8) is 0 Å². The third-order valence-corrected chi connectivity index (χ3v) is 8.91. The van der Waals surface area contributed by atoms with Crippen LogP contribution in [0.3, 0.4) is 0 Å². The van der Waals surface area contributed by atoms with Crippen molar-refractivity contribution in [3.8, 4) is 0 Å². The van der Waals surface area contributed by atoms with Crippen molar-refractivity contribution in [1.82, 2.24) is 0 Å². The van der Waals surface area contributed by atoms with Crippen molar-refractivity contribution in [2.45, 2.75) is 136 Å². The van der Waals surface area contributed by atoms with E-state index in [1.165, 1.54) is 12.8 Å². The first-order valence-electron chi connectivity index (χ1n) is 20.3. The van der Waals surface area contributed by atoms with Gasteiger partial charge in [-0.2, -0.15) is 0 Å². The number of likely N-dealkylation sites (N-methyl/N-ethyl adjacent to an activating group) is 1. The molecule has 0 heterocycles. The van der Waals surface area contributed by atoms with Gasteiger partial charge in [0.05, 0.1) is 34.4 Å². The first-order valence-corrected chi connectivity index (χ1v) is 21.8. The molecule has 304 valence electrons. The number of esters is 1. The lowest BCUT2D eigenvalue weighted by Crippen LogP contribution is -2.37. The second-order valence-corrected chi connectivity index (χ2v) is 15.6. The van der Waals surface area contributed by atoms with Crippen LogP contribution in [0, 0.1) is 0 Å². The molecule has 0 saturated carbocycles. The fourth-order valence-electron chi connectivity index (χ4n) is 4.84. The highest BCUT2D eigenvalue weighted by molar-refractivity contribution is 7.45. The lowest BCUT2D eigenvalue weighted by Gasteiger charge is -2.28. The van der Waals surface area contributed by atoms with E-state index in [0.717, 1.165) is 89.9 Å². The number of carbonyl (C=O) groups excluding carboxylic acids is 1. The molecule has 2 atom stereocenters. The lowest BCUT2D eigenvalue weighted by molar-refractivity contribution is -0.870. The highest BCUT2D eigenvalue weighted by Gasteiger charge is 2.20. The Bertz CT molecular complexity index is 1120. The van der Waals surface area contributed by atoms with E-state index in [-0.39, 0.29) is 32.2 Å². The van der Waals surface area contributed by atoms with Gasteiger partial charge < -0.3 is 27.9 Å². The molecule has 0 rings (SSSR count). The Morgan fingerprint density at radius 2 is 1.04 bits per heavy atom. The number of quaternary nitrogens is 1. The Hall–Kier alpha value is -2.32. The van der Waals surface area contributed by atoms with Crippen molar-refractivity contribution in [3.05, 3.63) is 85.1 Å². The molecule has 0 spiro atoms. The van der Waals surface area contributed by atoms with Crippen LogP contribution in [-0.4, -0.2) is 70.7 Å². The van der Waals surface area contributed by atoms with E-state index in [1.807, 2.05) is 21.1 Å². The fraction of sp³-hybridized carbons (Fsp3) is 0.659. The molecular weight excluding hydrogens is 685 g/mol. The molecule has 0 aromatic rings. The van der Waals surface area contributed by atoms with E-state index >= 15 is 0 Å².